The summed E-state index contributed by atoms with van der Waals surface area (Å²) in [5, 5.41) is 7.66. The molecule has 0 aliphatic carbocycles. The fraction of sp³-hybridized carbons (Fsp3) is 1.00. The number of aliphatic hydroxyl groups is 1. The average molecular weight is 318 g/mol. The third kappa shape index (κ3) is 2.31. The Hall–Kier alpha value is -0.880. The average Bonchev–Trinajstić information content (AvgIpc) is 2.14. The highest BCUT2D eigenvalue weighted by atomic mass is 19.4. The molecule has 0 bridgehead atoms. The first kappa shape index (κ1) is 18.1. The van der Waals surface area contributed by atoms with Crippen molar-refractivity contribution in [2.24, 2.45) is 0 Å². The third-order valence-electron chi connectivity index (χ3n) is 1.88. The van der Waals surface area contributed by atoms with E-state index in [0.717, 1.165) is 0 Å². The van der Waals surface area contributed by atoms with Crippen LogP contribution in [-0.4, -0.2) is 41.3 Å². The lowest BCUT2D eigenvalue weighted by atomic mass is 9.97. The van der Waals surface area contributed by atoms with Crippen molar-refractivity contribution in [3.8, 4) is 0 Å². The van der Waals surface area contributed by atoms with E-state index in [1.807, 2.05) is 0 Å². The fourth-order valence-corrected chi connectivity index (χ4v) is 0.732. The van der Waals surface area contributed by atoms with E-state index in [-0.39, 0.29) is 0 Å². The van der Waals surface area contributed by atoms with Gasteiger partial charge in [0, 0.05) is 0 Å². The Bertz CT molecular complexity index is 328. The number of hydrogen-bond donors (Lipinski definition) is 1. The highest BCUT2D eigenvalue weighted by Gasteiger charge is 2.87. The molecule has 0 aliphatic rings. The van der Waals surface area contributed by atoms with Gasteiger partial charge in [-0.3, -0.25) is 0 Å². The standard InChI is InChI=1S/C6H2F12O/c7-1(8)2(9,10)3(11,12)4(13,14)5(15,19)6(16,17)18/h1,19H. The van der Waals surface area contributed by atoms with Crippen LogP contribution in [0.5, 0.6) is 0 Å². The topological polar surface area (TPSA) is 20.2 Å². The summed E-state index contributed by atoms with van der Waals surface area (Å²) in [5.74, 6) is -29.2. The number of halogens is 12. The summed E-state index contributed by atoms with van der Waals surface area (Å²) in [6, 6.07) is 0. The number of rotatable bonds is 4. The normalized spacial score (nSPS) is 18.6. The molecule has 0 fully saturated rings. The van der Waals surface area contributed by atoms with Crippen molar-refractivity contribution >= 4 is 0 Å². The summed E-state index contributed by atoms with van der Waals surface area (Å²) < 4.78 is 144. The summed E-state index contributed by atoms with van der Waals surface area (Å²) >= 11 is 0. The first-order valence-electron chi connectivity index (χ1n) is 3.84. The molecular formula is C6H2F12O. The van der Waals surface area contributed by atoms with Crippen LogP contribution in [-0.2, 0) is 0 Å². The van der Waals surface area contributed by atoms with Crippen molar-refractivity contribution in [2.45, 2.75) is 36.2 Å². The maximum absolute atomic E-state index is 12.4. The van der Waals surface area contributed by atoms with Gasteiger partial charge in [0.1, 0.15) is 0 Å². The summed E-state index contributed by atoms with van der Waals surface area (Å²) in [6.45, 7) is 0. The first-order valence-corrected chi connectivity index (χ1v) is 3.84. The summed E-state index contributed by atoms with van der Waals surface area (Å²) in [5.41, 5.74) is 0. The van der Waals surface area contributed by atoms with Crippen molar-refractivity contribution in [1.29, 1.82) is 0 Å². The van der Waals surface area contributed by atoms with Crippen LogP contribution in [0.25, 0.3) is 0 Å². The van der Waals surface area contributed by atoms with Crippen LogP contribution >= 0.6 is 0 Å². The molecule has 13 heteroatoms. The summed E-state index contributed by atoms with van der Waals surface area (Å²) in [7, 11) is 0. The molecule has 0 radical (unpaired) electrons. The zero-order valence-corrected chi connectivity index (χ0v) is 8.06. The highest BCUT2D eigenvalue weighted by molar-refractivity contribution is 5.06. The Morgan fingerprint density at radius 3 is 1.16 bits per heavy atom. The van der Waals surface area contributed by atoms with Crippen LogP contribution in [0.1, 0.15) is 0 Å². The van der Waals surface area contributed by atoms with Gasteiger partial charge in [-0.15, -0.1) is 0 Å². The van der Waals surface area contributed by atoms with Gasteiger partial charge in [-0.05, 0) is 0 Å². The summed E-state index contributed by atoms with van der Waals surface area (Å²) in [6.07, 6.45) is -12.7. The minimum atomic E-state index is -7.56. The maximum Gasteiger partial charge on any atom is 0.455 e. The molecule has 19 heavy (non-hydrogen) atoms. The van der Waals surface area contributed by atoms with E-state index in [9.17, 15) is 52.7 Å². The van der Waals surface area contributed by atoms with E-state index in [1.54, 1.807) is 0 Å². The van der Waals surface area contributed by atoms with Gasteiger partial charge < -0.3 is 5.11 Å². The zero-order valence-electron chi connectivity index (χ0n) is 8.06. The molecule has 1 N–H and O–H groups in total. The van der Waals surface area contributed by atoms with Crippen molar-refractivity contribution in [3.63, 3.8) is 0 Å². The Labute approximate surface area is 95.3 Å². The minimum absolute atomic E-state index is 5.53. The molecule has 1 atom stereocenters. The van der Waals surface area contributed by atoms with Crippen LogP contribution in [0.15, 0.2) is 0 Å². The molecule has 1 nitrogen and oxygen atoms in total. The smallest absolute Gasteiger partial charge is 0.350 e. The predicted octanol–water partition coefficient (Wildman–Crippen LogP) is 3.38. The Morgan fingerprint density at radius 1 is 0.632 bits per heavy atom. The maximum atomic E-state index is 12.4. The van der Waals surface area contributed by atoms with E-state index in [4.69, 9.17) is 5.11 Å². The second-order valence-electron chi connectivity index (χ2n) is 3.19. The number of hydrogen-bond acceptors (Lipinski definition) is 1. The molecule has 0 saturated heterocycles. The van der Waals surface area contributed by atoms with E-state index >= 15 is 0 Å². The van der Waals surface area contributed by atoms with Gasteiger partial charge in [-0.25, -0.2) is 8.78 Å². The van der Waals surface area contributed by atoms with Gasteiger partial charge in [-0.1, -0.05) is 0 Å². The molecule has 0 spiro atoms. The minimum Gasteiger partial charge on any atom is -0.350 e. The van der Waals surface area contributed by atoms with Gasteiger partial charge in [-0.2, -0.15) is 43.9 Å². The van der Waals surface area contributed by atoms with Crippen molar-refractivity contribution in [3.05, 3.63) is 0 Å². The van der Waals surface area contributed by atoms with Gasteiger partial charge in [0.25, 0.3) is 0 Å². The van der Waals surface area contributed by atoms with Gasteiger partial charge >= 0.3 is 36.2 Å². The van der Waals surface area contributed by atoms with Crippen LogP contribution in [0, 0.1) is 0 Å². The molecule has 0 rings (SSSR count). The van der Waals surface area contributed by atoms with Gasteiger partial charge in [0.05, 0.1) is 0 Å². The van der Waals surface area contributed by atoms with Crippen LogP contribution < -0.4 is 0 Å². The zero-order chi connectivity index (χ0) is 16.1. The molecule has 0 aromatic rings. The Morgan fingerprint density at radius 2 is 0.947 bits per heavy atom. The predicted molar refractivity (Wildman–Crippen MR) is 33.0 cm³/mol. The molecule has 116 valence electrons. The van der Waals surface area contributed by atoms with Crippen LogP contribution in [0.2, 0.25) is 0 Å². The van der Waals surface area contributed by atoms with E-state index in [1.165, 1.54) is 0 Å². The molecule has 0 heterocycles. The molecule has 0 amide bonds. The second kappa shape index (κ2) is 4.31. The lowest BCUT2D eigenvalue weighted by molar-refractivity contribution is -0.449. The summed E-state index contributed by atoms with van der Waals surface area (Å²) in [4.78, 5) is 0. The number of alkyl halides is 12. The monoisotopic (exact) mass is 318 g/mol. The second-order valence-corrected chi connectivity index (χ2v) is 3.19. The van der Waals surface area contributed by atoms with Crippen molar-refractivity contribution in [2.75, 3.05) is 0 Å². The molecule has 0 aromatic carbocycles. The van der Waals surface area contributed by atoms with E-state index in [2.05, 4.69) is 0 Å². The lowest BCUT2D eigenvalue weighted by Crippen LogP contribution is -2.69. The largest absolute Gasteiger partial charge is 0.455 e. The third-order valence-corrected chi connectivity index (χ3v) is 1.88. The van der Waals surface area contributed by atoms with E-state index in [0.29, 0.717) is 0 Å². The molecule has 0 aromatic heterocycles. The van der Waals surface area contributed by atoms with Gasteiger partial charge in [0.2, 0.25) is 0 Å². The van der Waals surface area contributed by atoms with Gasteiger partial charge in [0.15, 0.2) is 0 Å². The Balaban J connectivity index is 5.92. The highest BCUT2D eigenvalue weighted by Crippen LogP contribution is 2.56. The molecule has 0 aliphatic heterocycles. The molecule has 0 saturated carbocycles. The fourth-order valence-electron chi connectivity index (χ4n) is 0.732. The first-order chi connectivity index (χ1) is 7.94. The van der Waals surface area contributed by atoms with Crippen molar-refractivity contribution in [1.82, 2.24) is 0 Å². The SMILES string of the molecule is OC(F)(C(F)(F)F)C(F)(F)C(F)(F)C(F)(F)C(F)F. The Kier molecular flexibility index (Phi) is 4.11. The quantitative estimate of drug-likeness (QED) is 0.788. The van der Waals surface area contributed by atoms with Crippen molar-refractivity contribution < 1.29 is 57.8 Å². The van der Waals surface area contributed by atoms with E-state index < -0.39 is 36.2 Å². The molecular weight excluding hydrogens is 316 g/mol. The molecule has 1 unspecified atom stereocenters. The van der Waals surface area contributed by atoms with Crippen LogP contribution in [0.3, 0.4) is 0 Å². The van der Waals surface area contributed by atoms with Crippen LogP contribution in [0.4, 0.5) is 52.7 Å². The lowest BCUT2D eigenvalue weighted by Gasteiger charge is -2.37.